The minimum atomic E-state index is -0.199. The van der Waals surface area contributed by atoms with Crippen LogP contribution in [-0.2, 0) is 11.3 Å². The minimum Gasteiger partial charge on any atom is -0.352 e. The lowest BCUT2D eigenvalue weighted by Crippen LogP contribution is -2.37. The number of hydrogen-bond acceptors (Lipinski definition) is 4. The molecule has 6 heteroatoms. The zero-order chi connectivity index (χ0) is 14.7. The van der Waals surface area contributed by atoms with E-state index in [1.54, 1.807) is 0 Å². The topological polar surface area (TPSA) is 64.0 Å². The number of amides is 1. The predicted molar refractivity (Wildman–Crippen MR) is 82.2 cm³/mol. The molecule has 0 aromatic carbocycles. The number of carbonyl (C=O) groups is 1. The van der Waals surface area contributed by atoms with E-state index >= 15 is 0 Å². The van der Waals surface area contributed by atoms with E-state index in [0.717, 1.165) is 17.7 Å². The van der Waals surface area contributed by atoms with Crippen molar-refractivity contribution >= 4 is 17.2 Å². The highest BCUT2D eigenvalue weighted by atomic mass is 32.1. The molecule has 5 nitrogen and oxygen atoms in total. The normalized spacial score (nSPS) is 15.2. The van der Waals surface area contributed by atoms with Crippen LogP contribution in [0.25, 0.3) is 10.6 Å². The van der Waals surface area contributed by atoms with Gasteiger partial charge in [-0.25, -0.2) is 4.98 Å². The Balaban J connectivity index is 1.68. The molecule has 1 aliphatic carbocycles. The van der Waals surface area contributed by atoms with E-state index in [2.05, 4.69) is 10.3 Å². The molecule has 2 aromatic rings. The summed E-state index contributed by atoms with van der Waals surface area (Å²) in [6.45, 7) is 0.0348. The second-order valence-electron chi connectivity index (χ2n) is 5.27. The monoisotopic (exact) mass is 303 g/mol. The molecule has 0 atom stereocenters. The highest BCUT2D eigenvalue weighted by Gasteiger charge is 2.17. The number of nitrogens with one attached hydrogen (secondary N) is 1. The van der Waals surface area contributed by atoms with Crippen LogP contribution in [-0.4, -0.2) is 21.5 Å². The molecule has 0 unspecified atom stereocenters. The molecule has 0 radical (unpaired) electrons. The molecule has 21 heavy (non-hydrogen) atoms. The zero-order valence-corrected chi connectivity index (χ0v) is 12.4. The van der Waals surface area contributed by atoms with E-state index in [-0.39, 0.29) is 24.1 Å². The Morgan fingerprint density at radius 2 is 2.24 bits per heavy atom. The van der Waals surface area contributed by atoms with Crippen LogP contribution in [0.5, 0.6) is 0 Å². The third kappa shape index (κ3) is 3.39. The molecule has 1 fully saturated rings. The van der Waals surface area contributed by atoms with Crippen LogP contribution in [0.3, 0.4) is 0 Å². The van der Waals surface area contributed by atoms with Crippen LogP contribution in [0, 0.1) is 0 Å². The summed E-state index contributed by atoms with van der Waals surface area (Å²) in [6, 6.07) is 5.59. The van der Waals surface area contributed by atoms with Crippen molar-refractivity contribution in [2.24, 2.45) is 0 Å². The van der Waals surface area contributed by atoms with Crippen molar-refractivity contribution in [3.8, 4) is 10.6 Å². The van der Waals surface area contributed by atoms with Crippen molar-refractivity contribution in [2.45, 2.75) is 38.3 Å². The van der Waals surface area contributed by atoms with Gasteiger partial charge in [0.25, 0.3) is 5.56 Å². The molecular weight excluding hydrogens is 286 g/mol. The van der Waals surface area contributed by atoms with Gasteiger partial charge in [0.1, 0.15) is 6.54 Å². The quantitative estimate of drug-likeness (QED) is 0.940. The summed E-state index contributed by atoms with van der Waals surface area (Å²) in [5.41, 5.74) is 0.456. The molecule has 1 saturated carbocycles. The molecule has 1 aliphatic rings. The number of rotatable bonds is 4. The number of nitrogens with zero attached hydrogens (tertiary/aromatic N) is 2. The van der Waals surface area contributed by atoms with Crippen molar-refractivity contribution < 1.29 is 4.79 Å². The Morgan fingerprint density at radius 3 is 2.90 bits per heavy atom. The van der Waals surface area contributed by atoms with Gasteiger partial charge >= 0.3 is 0 Å². The summed E-state index contributed by atoms with van der Waals surface area (Å²) in [5.74, 6) is -0.116. The second kappa shape index (κ2) is 6.22. The van der Waals surface area contributed by atoms with Crippen molar-refractivity contribution in [1.82, 2.24) is 14.9 Å². The van der Waals surface area contributed by atoms with Gasteiger partial charge in [0.05, 0.1) is 16.9 Å². The lowest BCUT2D eigenvalue weighted by atomic mass is 10.2. The molecule has 0 aliphatic heterocycles. The van der Waals surface area contributed by atoms with Crippen LogP contribution in [0.15, 0.2) is 34.7 Å². The Hall–Kier alpha value is -1.95. The highest BCUT2D eigenvalue weighted by Crippen LogP contribution is 2.20. The van der Waals surface area contributed by atoms with Crippen LogP contribution in [0.4, 0.5) is 0 Å². The molecule has 1 amide bonds. The molecule has 2 aromatic heterocycles. The maximum absolute atomic E-state index is 12.1. The summed E-state index contributed by atoms with van der Waals surface area (Å²) in [5, 5.41) is 4.91. The standard InChI is InChI=1S/C15H17N3O2S/c19-14(17-11-4-1-2-5-11)9-18-10-16-12(8-15(18)20)13-6-3-7-21-13/h3,6-8,10-11H,1-2,4-5,9H2,(H,17,19). The minimum absolute atomic E-state index is 0.0348. The first-order valence-corrected chi connectivity index (χ1v) is 8.00. The van der Waals surface area contributed by atoms with Crippen LogP contribution >= 0.6 is 11.3 Å². The fraction of sp³-hybridized carbons (Fsp3) is 0.400. The highest BCUT2D eigenvalue weighted by molar-refractivity contribution is 7.13. The van der Waals surface area contributed by atoms with Crippen molar-refractivity contribution in [3.05, 3.63) is 40.3 Å². The van der Waals surface area contributed by atoms with Crippen LogP contribution in [0.2, 0.25) is 0 Å². The zero-order valence-electron chi connectivity index (χ0n) is 11.6. The lowest BCUT2D eigenvalue weighted by Gasteiger charge is -2.12. The fourth-order valence-corrected chi connectivity index (χ4v) is 3.30. The van der Waals surface area contributed by atoms with E-state index < -0.39 is 0 Å². The average molecular weight is 303 g/mol. The Morgan fingerprint density at radius 1 is 1.43 bits per heavy atom. The van der Waals surface area contributed by atoms with E-state index in [1.807, 2.05) is 17.5 Å². The van der Waals surface area contributed by atoms with Crippen LogP contribution < -0.4 is 10.9 Å². The molecule has 3 rings (SSSR count). The first-order chi connectivity index (χ1) is 10.2. The van der Waals surface area contributed by atoms with E-state index in [9.17, 15) is 9.59 Å². The number of aromatic nitrogens is 2. The summed E-state index contributed by atoms with van der Waals surface area (Å²) < 4.78 is 1.35. The van der Waals surface area contributed by atoms with E-state index in [1.165, 1.54) is 41.1 Å². The maximum atomic E-state index is 12.1. The fourth-order valence-electron chi connectivity index (χ4n) is 2.60. The van der Waals surface area contributed by atoms with Crippen LogP contribution in [0.1, 0.15) is 25.7 Å². The lowest BCUT2D eigenvalue weighted by molar-refractivity contribution is -0.122. The molecular formula is C15H17N3O2S. The summed E-state index contributed by atoms with van der Waals surface area (Å²) in [4.78, 5) is 29.2. The van der Waals surface area contributed by atoms with Gasteiger partial charge in [-0.1, -0.05) is 18.9 Å². The third-order valence-electron chi connectivity index (χ3n) is 3.69. The van der Waals surface area contributed by atoms with Crippen molar-refractivity contribution in [2.75, 3.05) is 0 Å². The van der Waals surface area contributed by atoms with Gasteiger partial charge in [-0.3, -0.25) is 14.2 Å². The van der Waals surface area contributed by atoms with E-state index in [4.69, 9.17) is 0 Å². The van der Waals surface area contributed by atoms with Crippen molar-refractivity contribution in [1.29, 1.82) is 0 Å². The summed E-state index contributed by atoms with van der Waals surface area (Å²) >= 11 is 1.54. The molecule has 2 heterocycles. The Labute approximate surface area is 126 Å². The summed E-state index contributed by atoms with van der Waals surface area (Å²) in [6.07, 6.45) is 5.86. The number of thiophene rings is 1. The van der Waals surface area contributed by atoms with Gasteiger partial charge in [0, 0.05) is 12.1 Å². The Kier molecular flexibility index (Phi) is 4.15. The first-order valence-electron chi connectivity index (χ1n) is 7.12. The number of hydrogen-bond donors (Lipinski definition) is 1. The summed E-state index contributed by atoms with van der Waals surface area (Å²) in [7, 11) is 0. The number of carbonyl (C=O) groups excluding carboxylic acids is 1. The molecule has 1 N–H and O–H groups in total. The van der Waals surface area contributed by atoms with Gasteiger partial charge in [0.15, 0.2) is 0 Å². The molecule has 0 bridgehead atoms. The Bertz CT molecular complexity index is 672. The van der Waals surface area contributed by atoms with Gasteiger partial charge in [-0.2, -0.15) is 0 Å². The van der Waals surface area contributed by atoms with Gasteiger partial charge in [-0.05, 0) is 24.3 Å². The molecule has 0 spiro atoms. The average Bonchev–Trinajstić information content (AvgIpc) is 3.13. The predicted octanol–water partition coefficient (Wildman–Crippen LogP) is 2.03. The van der Waals surface area contributed by atoms with Gasteiger partial charge in [0.2, 0.25) is 5.91 Å². The SMILES string of the molecule is O=C(Cn1cnc(-c2cccs2)cc1=O)NC1CCCC1. The maximum Gasteiger partial charge on any atom is 0.254 e. The van der Waals surface area contributed by atoms with Crippen molar-refractivity contribution in [3.63, 3.8) is 0 Å². The second-order valence-corrected chi connectivity index (χ2v) is 6.21. The third-order valence-corrected chi connectivity index (χ3v) is 4.58. The first kappa shape index (κ1) is 14.0. The molecule has 0 saturated heterocycles. The van der Waals surface area contributed by atoms with Gasteiger partial charge in [-0.15, -0.1) is 11.3 Å². The van der Waals surface area contributed by atoms with E-state index in [0.29, 0.717) is 5.69 Å². The molecule has 110 valence electrons. The van der Waals surface area contributed by atoms with Gasteiger partial charge < -0.3 is 5.32 Å². The smallest absolute Gasteiger partial charge is 0.254 e. The largest absolute Gasteiger partial charge is 0.352 e.